The summed E-state index contributed by atoms with van der Waals surface area (Å²) in [7, 11) is 3.02. The maximum absolute atomic E-state index is 13.4. The Hall–Kier alpha value is -1.77. The maximum Gasteiger partial charge on any atom is 0.424 e. The van der Waals surface area contributed by atoms with Crippen LogP contribution in [-0.2, 0) is 12.6 Å². The van der Waals surface area contributed by atoms with Crippen LogP contribution in [0.25, 0.3) is 0 Å². The minimum Gasteiger partial charge on any atom is -0.374 e. The molecule has 1 aliphatic rings. The van der Waals surface area contributed by atoms with Gasteiger partial charge >= 0.3 is 6.18 Å². The number of aryl methyl sites for hydroxylation is 1. The standard InChI is InChI=1S/C14H22F3N5O/c1-18-12(22-8-3-4-9-22)20-6-5-13(23,14(15,16)17)11-19-7-10-21(11)2/h7,10,23H,3-6,8-9H2,1-2H3,(H,18,20). The fraction of sp³-hybridized carbons (Fsp3) is 0.714. The Bertz CT molecular complexity index is 551. The molecule has 2 N–H and O–H groups in total. The van der Waals surface area contributed by atoms with E-state index in [0.29, 0.717) is 5.96 Å². The molecule has 1 saturated heterocycles. The number of imidazole rings is 1. The molecule has 9 heteroatoms. The second kappa shape index (κ2) is 6.77. The summed E-state index contributed by atoms with van der Waals surface area (Å²) in [6.45, 7) is 1.61. The second-order valence-corrected chi connectivity index (χ2v) is 5.64. The number of halogens is 3. The Labute approximate surface area is 133 Å². The van der Waals surface area contributed by atoms with Crippen LogP contribution < -0.4 is 5.32 Å². The third-order valence-electron chi connectivity index (χ3n) is 4.05. The largest absolute Gasteiger partial charge is 0.424 e. The van der Waals surface area contributed by atoms with Crippen LogP contribution in [-0.4, -0.2) is 58.4 Å². The average molecular weight is 333 g/mol. The van der Waals surface area contributed by atoms with Crippen molar-refractivity contribution in [2.24, 2.45) is 12.0 Å². The smallest absolute Gasteiger partial charge is 0.374 e. The minimum atomic E-state index is -4.81. The third-order valence-corrected chi connectivity index (χ3v) is 4.05. The van der Waals surface area contributed by atoms with Crippen LogP contribution >= 0.6 is 0 Å². The Morgan fingerprint density at radius 2 is 2.04 bits per heavy atom. The maximum atomic E-state index is 13.4. The molecule has 1 aromatic heterocycles. The van der Waals surface area contributed by atoms with Crippen molar-refractivity contribution in [1.29, 1.82) is 0 Å². The summed E-state index contributed by atoms with van der Waals surface area (Å²) in [6.07, 6.45) is -0.661. The van der Waals surface area contributed by atoms with E-state index in [-0.39, 0.29) is 6.54 Å². The first-order chi connectivity index (χ1) is 10.8. The molecule has 0 radical (unpaired) electrons. The van der Waals surface area contributed by atoms with Crippen LogP contribution in [0, 0.1) is 0 Å². The molecule has 0 spiro atoms. The summed E-state index contributed by atoms with van der Waals surface area (Å²) in [4.78, 5) is 9.75. The zero-order valence-electron chi connectivity index (χ0n) is 13.3. The predicted molar refractivity (Wildman–Crippen MR) is 79.9 cm³/mol. The van der Waals surface area contributed by atoms with Gasteiger partial charge in [-0.05, 0) is 12.8 Å². The highest BCUT2D eigenvalue weighted by Gasteiger charge is 2.57. The van der Waals surface area contributed by atoms with Gasteiger partial charge < -0.3 is 19.9 Å². The average Bonchev–Trinajstić information content (AvgIpc) is 3.13. The molecule has 2 rings (SSSR count). The quantitative estimate of drug-likeness (QED) is 0.643. The molecule has 1 aromatic rings. The molecular formula is C14H22F3N5O. The van der Waals surface area contributed by atoms with Crippen molar-refractivity contribution in [3.8, 4) is 0 Å². The SMILES string of the molecule is CN=C(NCCC(O)(c1nccn1C)C(F)(F)F)N1CCCC1. The topological polar surface area (TPSA) is 65.7 Å². The van der Waals surface area contributed by atoms with Gasteiger partial charge in [-0.1, -0.05) is 0 Å². The lowest BCUT2D eigenvalue weighted by Gasteiger charge is -2.30. The summed E-state index contributed by atoms with van der Waals surface area (Å²) < 4.78 is 41.3. The molecule has 0 aliphatic carbocycles. The van der Waals surface area contributed by atoms with E-state index in [2.05, 4.69) is 15.3 Å². The van der Waals surface area contributed by atoms with Gasteiger partial charge in [0.1, 0.15) is 5.82 Å². The van der Waals surface area contributed by atoms with Gasteiger partial charge in [-0.2, -0.15) is 13.2 Å². The van der Waals surface area contributed by atoms with Crippen molar-refractivity contribution in [3.05, 3.63) is 18.2 Å². The molecule has 0 bridgehead atoms. The number of likely N-dealkylation sites (tertiary alicyclic amines) is 1. The molecule has 0 saturated carbocycles. The fourth-order valence-corrected chi connectivity index (χ4v) is 2.76. The highest BCUT2D eigenvalue weighted by Crippen LogP contribution is 2.40. The van der Waals surface area contributed by atoms with E-state index >= 15 is 0 Å². The van der Waals surface area contributed by atoms with Crippen molar-refractivity contribution < 1.29 is 18.3 Å². The minimum absolute atomic E-state index is 0.0634. The monoisotopic (exact) mass is 333 g/mol. The number of guanidine groups is 1. The van der Waals surface area contributed by atoms with Crippen LogP contribution in [0.3, 0.4) is 0 Å². The van der Waals surface area contributed by atoms with Crippen molar-refractivity contribution in [3.63, 3.8) is 0 Å². The van der Waals surface area contributed by atoms with Gasteiger partial charge in [-0.15, -0.1) is 0 Å². The van der Waals surface area contributed by atoms with E-state index in [4.69, 9.17) is 0 Å². The molecule has 0 amide bonds. The lowest BCUT2D eigenvalue weighted by Crippen LogP contribution is -2.48. The summed E-state index contributed by atoms with van der Waals surface area (Å²) in [5, 5.41) is 13.1. The van der Waals surface area contributed by atoms with E-state index in [1.807, 2.05) is 4.90 Å². The third kappa shape index (κ3) is 3.60. The number of aliphatic hydroxyl groups is 1. The van der Waals surface area contributed by atoms with Crippen LogP contribution in [0.5, 0.6) is 0 Å². The molecule has 130 valence electrons. The number of hydrogen-bond donors (Lipinski definition) is 2. The van der Waals surface area contributed by atoms with Gasteiger partial charge in [-0.3, -0.25) is 4.99 Å². The number of aromatic nitrogens is 2. The number of rotatable bonds is 4. The normalized spacial score (nSPS) is 19.0. The summed E-state index contributed by atoms with van der Waals surface area (Å²) in [5.41, 5.74) is -3.00. The number of alkyl halides is 3. The molecule has 1 aliphatic heterocycles. The first-order valence-electron chi connectivity index (χ1n) is 7.52. The zero-order valence-corrected chi connectivity index (χ0v) is 13.3. The number of hydrogen-bond acceptors (Lipinski definition) is 3. The van der Waals surface area contributed by atoms with Gasteiger partial charge in [0.2, 0.25) is 5.60 Å². The molecule has 1 unspecified atom stereocenters. The predicted octanol–water partition coefficient (Wildman–Crippen LogP) is 1.23. The first-order valence-corrected chi connectivity index (χ1v) is 7.52. The van der Waals surface area contributed by atoms with E-state index in [1.54, 1.807) is 7.05 Å². The Morgan fingerprint density at radius 3 is 2.52 bits per heavy atom. The van der Waals surface area contributed by atoms with Crippen molar-refractivity contribution in [1.82, 2.24) is 19.8 Å². The number of nitrogens with one attached hydrogen (secondary N) is 1. The van der Waals surface area contributed by atoms with Crippen molar-refractivity contribution >= 4 is 5.96 Å². The van der Waals surface area contributed by atoms with Gasteiger partial charge in [0.15, 0.2) is 5.96 Å². The number of aliphatic imine (C=N–C) groups is 1. The first kappa shape index (κ1) is 17.6. The lowest BCUT2D eigenvalue weighted by molar-refractivity contribution is -0.272. The van der Waals surface area contributed by atoms with Crippen LogP contribution in [0.2, 0.25) is 0 Å². The Kier molecular flexibility index (Phi) is 5.18. The molecule has 2 heterocycles. The molecule has 0 aromatic carbocycles. The summed E-state index contributed by atoms with van der Waals surface area (Å²) in [5.74, 6) is 0.148. The fourth-order valence-electron chi connectivity index (χ4n) is 2.76. The summed E-state index contributed by atoms with van der Waals surface area (Å²) in [6, 6.07) is 0. The molecule has 1 fully saturated rings. The van der Waals surface area contributed by atoms with Gasteiger partial charge in [0.25, 0.3) is 0 Å². The van der Waals surface area contributed by atoms with Crippen molar-refractivity contribution in [2.45, 2.75) is 31.0 Å². The van der Waals surface area contributed by atoms with E-state index in [0.717, 1.165) is 25.9 Å². The van der Waals surface area contributed by atoms with E-state index < -0.39 is 24.0 Å². The Morgan fingerprint density at radius 1 is 1.39 bits per heavy atom. The van der Waals surface area contributed by atoms with Crippen molar-refractivity contribution in [2.75, 3.05) is 26.7 Å². The second-order valence-electron chi connectivity index (χ2n) is 5.64. The van der Waals surface area contributed by atoms with E-state index in [1.165, 1.54) is 24.0 Å². The molecule has 1 atom stereocenters. The van der Waals surface area contributed by atoms with Crippen LogP contribution in [0.15, 0.2) is 17.4 Å². The highest BCUT2D eigenvalue weighted by molar-refractivity contribution is 5.80. The van der Waals surface area contributed by atoms with Gasteiger partial charge in [0.05, 0.1) is 0 Å². The molecule has 6 nitrogen and oxygen atoms in total. The van der Waals surface area contributed by atoms with Gasteiger partial charge in [-0.25, -0.2) is 4.98 Å². The lowest BCUT2D eigenvalue weighted by atomic mass is 9.97. The molecular weight excluding hydrogens is 311 g/mol. The van der Waals surface area contributed by atoms with Gasteiger partial charge in [0, 0.05) is 52.5 Å². The highest BCUT2D eigenvalue weighted by atomic mass is 19.4. The Balaban J connectivity index is 2.06. The van der Waals surface area contributed by atoms with Crippen LogP contribution in [0.1, 0.15) is 25.1 Å². The summed E-state index contributed by atoms with van der Waals surface area (Å²) >= 11 is 0. The molecule has 23 heavy (non-hydrogen) atoms. The van der Waals surface area contributed by atoms with E-state index in [9.17, 15) is 18.3 Å². The zero-order chi connectivity index (χ0) is 17.1. The number of nitrogens with zero attached hydrogens (tertiary/aromatic N) is 4. The van der Waals surface area contributed by atoms with Crippen LogP contribution in [0.4, 0.5) is 13.2 Å².